The van der Waals surface area contributed by atoms with Crippen LogP contribution >= 0.6 is 11.6 Å². The fourth-order valence-electron chi connectivity index (χ4n) is 1.64. The first-order valence-corrected chi connectivity index (χ1v) is 6.79. The van der Waals surface area contributed by atoms with Crippen molar-refractivity contribution in [3.63, 3.8) is 0 Å². The molecule has 4 nitrogen and oxygen atoms in total. The molecule has 0 unspecified atom stereocenters. The largest absolute Gasteiger partial charge is 0.483 e. The topological polar surface area (TPSA) is 41.6 Å². The highest BCUT2D eigenvalue weighted by Gasteiger charge is 2.20. The molecule has 0 bridgehead atoms. The Hall–Kier alpha value is -1.26. The van der Waals surface area contributed by atoms with Crippen molar-refractivity contribution in [1.82, 2.24) is 10.2 Å². The third-order valence-electron chi connectivity index (χ3n) is 3.03. The first kappa shape index (κ1) is 14.2. The molecule has 0 saturated heterocycles. The highest BCUT2D eigenvalue weighted by molar-refractivity contribution is 6.30. The average molecular weight is 283 g/mol. The molecule has 1 aliphatic rings. The second-order valence-electron chi connectivity index (χ2n) is 4.98. The number of halogens is 1. The summed E-state index contributed by atoms with van der Waals surface area (Å²) >= 11 is 6.00. The van der Waals surface area contributed by atoms with Gasteiger partial charge >= 0.3 is 0 Å². The second-order valence-corrected chi connectivity index (χ2v) is 5.42. The molecular formula is C14H19ClN2O2. The zero-order valence-electron chi connectivity index (χ0n) is 11.3. The summed E-state index contributed by atoms with van der Waals surface area (Å²) in [6, 6.07) is 6.09. The molecule has 0 heterocycles. The van der Waals surface area contributed by atoms with E-state index in [1.807, 2.05) is 12.1 Å². The van der Waals surface area contributed by atoms with Crippen molar-refractivity contribution in [1.29, 1.82) is 0 Å². The van der Waals surface area contributed by atoms with E-state index in [0.717, 1.165) is 12.1 Å². The zero-order chi connectivity index (χ0) is 13.8. The summed E-state index contributed by atoms with van der Waals surface area (Å²) in [4.78, 5) is 13.0. The number of nitrogens with one attached hydrogen (secondary N) is 1. The van der Waals surface area contributed by atoms with Gasteiger partial charge in [0.2, 0.25) is 0 Å². The predicted octanol–water partition coefficient (Wildman–Crippen LogP) is 2.06. The smallest absolute Gasteiger partial charge is 0.259 e. The van der Waals surface area contributed by atoms with Gasteiger partial charge in [-0.25, -0.2) is 0 Å². The number of benzene rings is 1. The molecule has 1 N–H and O–H groups in total. The van der Waals surface area contributed by atoms with Gasteiger partial charge in [-0.3, -0.25) is 4.79 Å². The Bertz CT molecular complexity index is 459. The lowest BCUT2D eigenvalue weighted by molar-refractivity contribution is -0.130. The van der Waals surface area contributed by atoms with Gasteiger partial charge in [0.15, 0.2) is 6.61 Å². The lowest BCUT2D eigenvalue weighted by atomic mass is 10.2. The summed E-state index contributed by atoms with van der Waals surface area (Å²) in [5.41, 5.74) is 0.992. The average Bonchev–Trinajstić information content (AvgIpc) is 3.18. The van der Waals surface area contributed by atoms with Crippen LogP contribution in [0, 0.1) is 0 Å². The second kappa shape index (κ2) is 6.26. The van der Waals surface area contributed by atoms with Gasteiger partial charge in [-0.1, -0.05) is 11.6 Å². The van der Waals surface area contributed by atoms with E-state index in [1.54, 1.807) is 20.2 Å². The quantitative estimate of drug-likeness (QED) is 0.868. The van der Waals surface area contributed by atoms with Crippen molar-refractivity contribution < 1.29 is 9.53 Å². The van der Waals surface area contributed by atoms with E-state index in [2.05, 4.69) is 5.32 Å². The fraction of sp³-hybridized carbons (Fsp3) is 0.500. The number of amides is 1. The van der Waals surface area contributed by atoms with Gasteiger partial charge in [-0.2, -0.15) is 0 Å². The van der Waals surface area contributed by atoms with Gasteiger partial charge in [-0.15, -0.1) is 0 Å². The molecule has 1 aromatic carbocycles. The van der Waals surface area contributed by atoms with Crippen molar-refractivity contribution in [2.24, 2.45) is 0 Å². The molecule has 0 aromatic heterocycles. The number of carbonyl (C=O) groups is 1. The maximum Gasteiger partial charge on any atom is 0.259 e. The van der Waals surface area contributed by atoms with E-state index in [1.165, 1.54) is 17.7 Å². The lowest BCUT2D eigenvalue weighted by Gasteiger charge is -2.14. The molecule has 0 atom stereocenters. The van der Waals surface area contributed by atoms with E-state index >= 15 is 0 Å². The van der Waals surface area contributed by atoms with Gasteiger partial charge in [0, 0.05) is 37.3 Å². The Morgan fingerprint density at radius 3 is 2.84 bits per heavy atom. The third kappa shape index (κ3) is 4.40. The number of hydrogen-bond acceptors (Lipinski definition) is 3. The van der Waals surface area contributed by atoms with Gasteiger partial charge in [0.1, 0.15) is 5.75 Å². The minimum absolute atomic E-state index is 0.0467. The Morgan fingerprint density at radius 2 is 2.21 bits per heavy atom. The SMILES string of the molecule is CN(C)C(=O)COc1ccc(Cl)cc1CNC1CC1. The minimum atomic E-state index is -0.0592. The summed E-state index contributed by atoms with van der Waals surface area (Å²) in [6.07, 6.45) is 2.46. The van der Waals surface area contributed by atoms with Crippen LogP contribution in [0.1, 0.15) is 18.4 Å². The maximum absolute atomic E-state index is 11.5. The Morgan fingerprint density at radius 1 is 1.47 bits per heavy atom. The van der Waals surface area contributed by atoms with Gasteiger partial charge < -0.3 is 15.0 Å². The fourth-order valence-corrected chi connectivity index (χ4v) is 1.83. The van der Waals surface area contributed by atoms with Crippen LogP contribution < -0.4 is 10.1 Å². The molecule has 1 aromatic rings. The lowest BCUT2D eigenvalue weighted by Crippen LogP contribution is -2.28. The van der Waals surface area contributed by atoms with Crippen LogP contribution in [-0.4, -0.2) is 37.6 Å². The maximum atomic E-state index is 11.5. The minimum Gasteiger partial charge on any atom is -0.483 e. The standard InChI is InChI=1S/C14H19ClN2O2/c1-17(2)14(18)9-19-13-6-3-11(15)7-10(13)8-16-12-4-5-12/h3,6-7,12,16H,4-5,8-9H2,1-2H3. The molecule has 1 fully saturated rings. The van der Waals surface area contributed by atoms with E-state index in [-0.39, 0.29) is 12.5 Å². The Labute approximate surface area is 118 Å². The first-order chi connectivity index (χ1) is 9.06. The van der Waals surface area contributed by atoms with Crippen LogP contribution in [0.25, 0.3) is 0 Å². The summed E-state index contributed by atoms with van der Waals surface area (Å²) in [5.74, 6) is 0.656. The van der Waals surface area contributed by atoms with Gasteiger partial charge in [0.25, 0.3) is 5.91 Å². The van der Waals surface area contributed by atoms with Crippen LogP contribution in [0.4, 0.5) is 0 Å². The van der Waals surface area contributed by atoms with Crippen LogP contribution in [0.2, 0.25) is 5.02 Å². The van der Waals surface area contributed by atoms with Crippen molar-refractivity contribution >= 4 is 17.5 Å². The number of rotatable bonds is 6. The number of hydrogen-bond donors (Lipinski definition) is 1. The van der Waals surface area contributed by atoms with E-state index in [4.69, 9.17) is 16.3 Å². The molecule has 1 saturated carbocycles. The monoisotopic (exact) mass is 282 g/mol. The third-order valence-corrected chi connectivity index (χ3v) is 3.27. The molecule has 0 spiro atoms. The van der Waals surface area contributed by atoms with Crippen LogP contribution in [0.5, 0.6) is 5.75 Å². The molecule has 0 radical (unpaired) electrons. The normalized spacial score (nSPS) is 14.3. The molecular weight excluding hydrogens is 264 g/mol. The number of carbonyl (C=O) groups excluding carboxylic acids is 1. The van der Waals surface area contributed by atoms with Crippen LogP contribution in [-0.2, 0) is 11.3 Å². The molecule has 1 aliphatic carbocycles. The van der Waals surface area contributed by atoms with E-state index in [9.17, 15) is 4.79 Å². The summed E-state index contributed by atoms with van der Waals surface area (Å²) in [6.45, 7) is 0.766. The predicted molar refractivity (Wildman–Crippen MR) is 75.5 cm³/mol. The Balaban J connectivity index is 1.98. The van der Waals surface area contributed by atoms with Gasteiger partial charge in [0.05, 0.1) is 0 Å². The van der Waals surface area contributed by atoms with Crippen molar-refractivity contribution in [2.75, 3.05) is 20.7 Å². The van der Waals surface area contributed by atoms with Crippen LogP contribution in [0.15, 0.2) is 18.2 Å². The molecule has 1 amide bonds. The molecule has 5 heteroatoms. The number of ether oxygens (including phenoxy) is 1. The molecule has 104 valence electrons. The molecule has 19 heavy (non-hydrogen) atoms. The first-order valence-electron chi connectivity index (χ1n) is 6.41. The molecule has 0 aliphatic heterocycles. The highest BCUT2D eigenvalue weighted by Crippen LogP contribution is 2.25. The summed E-state index contributed by atoms with van der Waals surface area (Å²) in [5, 5.41) is 4.10. The van der Waals surface area contributed by atoms with E-state index in [0.29, 0.717) is 16.8 Å². The summed E-state index contributed by atoms with van der Waals surface area (Å²) < 4.78 is 5.58. The van der Waals surface area contributed by atoms with Crippen molar-refractivity contribution in [3.05, 3.63) is 28.8 Å². The van der Waals surface area contributed by atoms with E-state index < -0.39 is 0 Å². The zero-order valence-corrected chi connectivity index (χ0v) is 12.0. The van der Waals surface area contributed by atoms with Crippen molar-refractivity contribution in [3.8, 4) is 5.75 Å². The summed E-state index contributed by atoms with van der Waals surface area (Å²) in [7, 11) is 3.42. The van der Waals surface area contributed by atoms with Crippen molar-refractivity contribution in [2.45, 2.75) is 25.4 Å². The van der Waals surface area contributed by atoms with Crippen LogP contribution in [0.3, 0.4) is 0 Å². The number of likely N-dealkylation sites (N-methyl/N-ethyl adjacent to an activating group) is 1. The highest BCUT2D eigenvalue weighted by atomic mass is 35.5. The molecule has 2 rings (SSSR count). The van der Waals surface area contributed by atoms with Gasteiger partial charge in [-0.05, 0) is 31.0 Å². The number of nitrogens with zero attached hydrogens (tertiary/aromatic N) is 1. The Kier molecular flexibility index (Phi) is 4.66.